The summed E-state index contributed by atoms with van der Waals surface area (Å²) in [6.07, 6.45) is -8.43. The summed E-state index contributed by atoms with van der Waals surface area (Å²) >= 11 is 27.1. The van der Waals surface area contributed by atoms with Crippen LogP contribution < -0.4 is 0 Å². The lowest BCUT2D eigenvalue weighted by Crippen LogP contribution is -2.06. The van der Waals surface area contributed by atoms with Gasteiger partial charge in [0.15, 0.2) is 0 Å². The first-order valence-corrected chi connectivity index (χ1v) is 38.1. The van der Waals surface area contributed by atoms with Gasteiger partial charge < -0.3 is 0 Å². The molecule has 13 aromatic rings. The molecule has 0 atom stereocenters. The van der Waals surface area contributed by atoms with Crippen LogP contribution in [0.5, 0.6) is 0 Å². The minimum Gasteiger partial charge on any atom is -0.207 e. The van der Waals surface area contributed by atoms with E-state index in [0.717, 1.165) is 58.9 Å². The predicted molar refractivity (Wildman–Crippen MR) is 463 cm³/mol. The molecular weight excluding hydrogens is 1660 g/mol. The molecule has 0 radical (unpaired) electrons. The Morgan fingerprint density at radius 1 is 0.236 bits per heavy atom. The van der Waals surface area contributed by atoms with Gasteiger partial charge >= 0.3 is 12.4 Å². The highest BCUT2D eigenvalue weighted by Crippen LogP contribution is 2.32. The van der Waals surface area contributed by atoms with Crippen LogP contribution in [0.15, 0.2) is 329 Å². The maximum Gasteiger partial charge on any atom is 0.416 e. The van der Waals surface area contributed by atoms with Gasteiger partial charge in [-0.25, -0.2) is 13.2 Å². The molecule has 0 spiro atoms. The molecule has 0 heterocycles. The number of alkyl halides is 6. The van der Waals surface area contributed by atoms with Crippen LogP contribution in [-0.4, -0.2) is 0 Å². The van der Waals surface area contributed by atoms with Crippen LogP contribution >= 0.6 is 82.6 Å². The van der Waals surface area contributed by atoms with Crippen molar-refractivity contribution >= 4 is 82.6 Å². The molecule has 0 saturated carbocycles. The lowest BCUT2D eigenvalue weighted by Gasteiger charge is -2.08. The molecule has 13 rings (SSSR count). The van der Waals surface area contributed by atoms with Crippen LogP contribution in [0.4, 0.5) is 39.5 Å². The number of hydrogen-bond acceptors (Lipinski definition) is 0. The van der Waals surface area contributed by atoms with Crippen molar-refractivity contribution in [3.8, 4) is 0 Å². The Bertz CT molecular complexity index is 3970. The fraction of sp³-hybridized carbons (Fsp3) is 0.179. The van der Waals surface area contributed by atoms with Crippen molar-refractivity contribution in [3.63, 3.8) is 0 Å². The molecule has 0 aliphatic heterocycles. The van der Waals surface area contributed by atoms with Crippen LogP contribution in [0, 0.1) is 121 Å². The lowest BCUT2D eigenvalue weighted by molar-refractivity contribution is -0.138. The second kappa shape index (κ2) is 55.9. The van der Waals surface area contributed by atoms with Gasteiger partial charge in [-0.05, 0) is 251 Å². The van der Waals surface area contributed by atoms with Gasteiger partial charge in [-0.1, -0.05) is 334 Å². The van der Waals surface area contributed by atoms with Crippen LogP contribution in [-0.2, 0) is 12.4 Å². The number of hydrogen-bond donors (Lipinski definition) is 0. The SMILES string of the molecule is Cc1ccc(Br)cc1.Cc1ccc(Cl)cc1.Cc1ccc(F)cc1.Cc1cccc(Br)c1.Cc1cccc(C(F)(F)F)c1.Cc1cccc(C)c1.Cc1cccc(Cl)c1.Cc1cccc(F)c1.Cc1ccccc1Br.Cc1ccccc1C.Cc1ccccc1C(F)(F)F.Cc1ccccc1Cl.Cc1ccccc1F. The van der Waals surface area contributed by atoms with E-state index in [0.29, 0.717) is 11.1 Å². The van der Waals surface area contributed by atoms with Crippen molar-refractivity contribution in [1.29, 1.82) is 0 Å². The van der Waals surface area contributed by atoms with Crippen LogP contribution in [0.25, 0.3) is 0 Å². The van der Waals surface area contributed by atoms with E-state index in [1.807, 2.05) is 162 Å². The summed E-state index contributed by atoms with van der Waals surface area (Å²) in [5.74, 6) is -0.465. The Kier molecular flexibility index (Phi) is 50.6. The Labute approximate surface area is 688 Å². The van der Waals surface area contributed by atoms with Crippen molar-refractivity contribution in [1.82, 2.24) is 0 Å². The normalized spacial score (nSPS) is 9.73. The quantitative estimate of drug-likeness (QED) is 0.133. The van der Waals surface area contributed by atoms with E-state index in [9.17, 15) is 39.5 Å². The summed E-state index contributed by atoms with van der Waals surface area (Å²) in [7, 11) is 0. The van der Waals surface area contributed by atoms with Gasteiger partial charge in [0.1, 0.15) is 17.5 Å². The second-order valence-electron chi connectivity index (χ2n) is 25.0. The minimum absolute atomic E-state index is 0.132. The molecule has 0 fully saturated rings. The monoisotopic (exact) mass is 1750 g/mol. The zero-order valence-corrected chi connectivity index (χ0v) is 71.7. The molecule has 0 nitrogen and oxygen atoms in total. The first-order valence-electron chi connectivity index (χ1n) is 34.5. The molecule has 0 aromatic heterocycles. The number of benzene rings is 13. The van der Waals surface area contributed by atoms with Crippen molar-refractivity contribution in [2.24, 2.45) is 0 Å². The third-order valence-corrected chi connectivity index (χ3v) is 17.4. The summed E-state index contributed by atoms with van der Waals surface area (Å²) in [4.78, 5) is 0. The zero-order valence-electron chi connectivity index (χ0n) is 64.7. The maximum atomic E-state index is 12.3. The van der Waals surface area contributed by atoms with Crippen LogP contribution in [0.1, 0.15) is 94.6 Å². The van der Waals surface area contributed by atoms with Gasteiger partial charge in [0, 0.05) is 28.5 Å². The Hall–Kier alpha value is -8.46. The second-order valence-corrected chi connectivity index (χ2v) is 28.9. The standard InChI is InChI=1S/2C8H7F3.2C8H10.3C7H7Br.3C7H7Cl.3C7H7F/c1-6-3-2-4-7(5-6)8(9,10)11;1-6-4-2-3-5-7(6)8(9,10)11;1-7-4-3-5-8(2)6-7;1-7-5-3-4-6-8(7)2;1-6-2-4-7(8)5-3-6;1-6-3-2-4-7(8)5-6;1-6-4-2-3-5-7(6)8;1-6-2-4-7(8)5-3-6;1-6-3-2-4-7(8)5-6;1-6-4-2-3-5-7(6)8;1-6-2-4-7(8)5-3-6;1-6-3-2-4-7(8)5-6;1-6-4-2-3-5-7(6)8/h2*2-5H,1H3;2*3-6H,1-2H3;9*2-5H,1H3. The van der Waals surface area contributed by atoms with E-state index in [-0.39, 0.29) is 23.0 Å². The molecule has 0 aliphatic rings. The lowest BCUT2D eigenvalue weighted by atomic mass is 10.1. The molecule has 0 saturated heterocycles. The molecule has 0 unspecified atom stereocenters. The van der Waals surface area contributed by atoms with Crippen molar-refractivity contribution in [2.45, 2.75) is 116 Å². The maximum absolute atomic E-state index is 12.3. The summed E-state index contributed by atoms with van der Waals surface area (Å²) in [6, 6.07) is 95.0. The number of aryl methyl sites for hydroxylation is 15. The Morgan fingerprint density at radius 3 is 0.873 bits per heavy atom. The van der Waals surface area contributed by atoms with Gasteiger partial charge in [-0.2, -0.15) is 26.3 Å². The van der Waals surface area contributed by atoms with Gasteiger partial charge in [0.05, 0.1) is 11.1 Å². The van der Waals surface area contributed by atoms with Crippen LogP contribution in [0.2, 0.25) is 15.1 Å². The van der Waals surface area contributed by atoms with E-state index in [1.54, 1.807) is 56.3 Å². The van der Waals surface area contributed by atoms with E-state index < -0.39 is 23.5 Å². The van der Waals surface area contributed by atoms with Crippen molar-refractivity contribution < 1.29 is 39.5 Å². The predicted octanol–water partition coefficient (Wildman–Crippen LogP) is 33.3. The van der Waals surface area contributed by atoms with E-state index >= 15 is 0 Å². The molecule has 0 aliphatic carbocycles. The fourth-order valence-corrected chi connectivity index (χ4v) is 9.82. The minimum atomic E-state index is -4.22. The molecule has 15 heteroatoms. The van der Waals surface area contributed by atoms with Gasteiger partial charge in [-0.3, -0.25) is 0 Å². The topological polar surface area (TPSA) is 0 Å². The van der Waals surface area contributed by atoms with Crippen LogP contribution in [0.3, 0.4) is 0 Å². The third kappa shape index (κ3) is 50.4. The Balaban J connectivity index is 0.000000597. The smallest absolute Gasteiger partial charge is 0.207 e. The summed E-state index contributed by atoms with van der Waals surface area (Å²) in [5, 5.41) is 2.45. The van der Waals surface area contributed by atoms with Crippen molar-refractivity contribution in [3.05, 3.63) is 456 Å². The highest BCUT2D eigenvalue weighted by atomic mass is 79.9. The third-order valence-electron chi connectivity index (χ3n) is 14.6. The molecule has 582 valence electrons. The average Bonchev–Trinajstić information content (AvgIpc) is 0.804. The summed E-state index contributed by atoms with van der Waals surface area (Å²) in [6.45, 7) is 29.3. The number of halogens is 15. The van der Waals surface area contributed by atoms with E-state index in [1.165, 1.54) is 110 Å². The van der Waals surface area contributed by atoms with E-state index in [2.05, 4.69) is 175 Å². The van der Waals surface area contributed by atoms with Gasteiger partial charge in [0.2, 0.25) is 0 Å². The molecule has 13 aromatic carbocycles. The number of rotatable bonds is 0. The first kappa shape index (κ1) is 99.5. The average molecular weight is 1760 g/mol. The first-order chi connectivity index (χ1) is 51.7. The highest BCUT2D eigenvalue weighted by Gasteiger charge is 2.31. The zero-order chi connectivity index (χ0) is 82.8. The molecule has 0 bridgehead atoms. The molecule has 110 heavy (non-hydrogen) atoms. The Morgan fingerprint density at radius 2 is 0.609 bits per heavy atom. The molecule has 0 amide bonds. The highest BCUT2D eigenvalue weighted by molar-refractivity contribution is 9.11. The molecule has 0 N–H and O–H groups in total. The largest absolute Gasteiger partial charge is 0.416 e. The van der Waals surface area contributed by atoms with Gasteiger partial charge in [0.25, 0.3) is 0 Å². The molecular formula is C95H97Br3Cl3F9. The van der Waals surface area contributed by atoms with Gasteiger partial charge in [-0.15, -0.1) is 0 Å². The summed E-state index contributed by atoms with van der Waals surface area (Å²) < 4.78 is 112. The fourth-order valence-electron chi connectivity index (χ4n) is 8.25. The van der Waals surface area contributed by atoms with Crippen molar-refractivity contribution in [2.75, 3.05) is 0 Å². The summed E-state index contributed by atoms with van der Waals surface area (Å²) in [5.41, 5.74) is 15.4. The van der Waals surface area contributed by atoms with E-state index in [4.69, 9.17) is 34.8 Å².